The van der Waals surface area contributed by atoms with Crippen molar-refractivity contribution in [2.75, 3.05) is 20.1 Å². The quantitative estimate of drug-likeness (QED) is 0.715. The second-order valence-electron chi connectivity index (χ2n) is 3.25. The summed E-state index contributed by atoms with van der Waals surface area (Å²) in [4.78, 5) is 22.8. The average Bonchev–Trinajstić information content (AvgIpc) is 2.69. The van der Waals surface area contributed by atoms with Gasteiger partial charge in [0.15, 0.2) is 0 Å². The molecule has 1 aromatic heterocycles. The van der Waals surface area contributed by atoms with Crippen molar-refractivity contribution in [3.05, 3.63) is 18.5 Å². The molecular formula is C9H14N4O3. The molecule has 88 valence electrons. The summed E-state index contributed by atoms with van der Waals surface area (Å²) in [7, 11) is 1.43. The Hall–Kier alpha value is -2.05. The summed E-state index contributed by atoms with van der Waals surface area (Å²) >= 11 is 0. The Morgan fingerprint density at radius 3 is 2.88 bits per heavy atom. The number of urea groups is 1. The zero-order chi connectivity index (χ0) is 12.0. The number of amides is 2. The first-order valence-electron chi connectivity index (χ1n) is 4.78. The molecule has 1 rings (SSSR count). The van der Waals surface area contributed by atoms with Gasteiger partial charge in [-0.3, -0.25) is 9.48 Å². The minimum Gasteiger partial charge on any atom is -0.480 e. The van der Waals surface area contributed by atoms with Gasteiger partial charge in [0.25, 0.3) is 0 Å². The number of likely N-dealkylation sites (N-methyl/N-ethyl adjacent to an activating group) is 1. The molecule has 0 atom stereocenters. The van der Waals surface area contributed by atoms with Gasteiger partial charge in [0.1, 0.15) is 6.54 Å². The summed E-state index contributed by atoms with van der Waals surface area (Å²) in [6, 6.07) is 1.38. The largest absolute Gasteiger partial charge is 0.480 e. The third-order valence-electron chi connectivity index (χ3n) is 1.90. The van der Waals surface area contributed by atoms with Crippen LogP contribution in [0.15, 0.2) is 18.5 Å². The number of carbonyl (C=O) groups is 2. The van der Waals surface area contributed by atoms with E-state index >= 15 is 0 Å². The average molecular weight is 226 g/mol. The first kappa shape index (κ1) is 12.0. The molecule has 0 saturated carbocycles. The van der Waals surface area contributed by atoms with Gasteiger partial charge in [-0.1, -0.05) is 0 Å². The number of aromatic nitrogens is 2. The van der Waals surface area contributed by atoms with Gasteiger partial charge in [-0.25, -0.2) is 4.79 Å². The van der Waals surface area contributed by atoms with Crippen LogP contribution >= 0.6 is 0 Å². The van der Waals surface area contributed by atoms with Crippen LogP contribution in [0.25, 0.3) is 0 Å². The molecule has 2 amide bonds. The topological polar surface area (TPSA) is 87.5 Å². The first-order chi connectivity index (χ1) is 7.59. The van der Waals surface area contributed by atoms with Crippen molar-refractivity contribution >= 4 is 12.0 Å². The maximum absolute atomic E-state index is 11.3. The summed E-state index contributed by atoms with van der Waals surface area (Å²) in [5.74, 6) is -1.04. The van der Waals surface area contributed by atoms with Crippen molar-refractivity contribution in [2.45, 2.75) is 6.54 Å². The second-order valence-corrected chi connectivity index (χ2v) is 3.25. The fourth-order valence-electron chi connectivity index (χ4n) is 1.12. The molecule has 0 aliphatic carbocycles. The summed E-state index contributed by atoms with van der Waals surface area (Å²) in [5.41, 5.74) is 0. The Balaban J connectivity index is 2.22. The van der Waals surface area contributed by atoms with Crippen LogP contribution < -0.4 is 5.32 Å². The smallest absolute Gasteiger partial charge is 0.323 e. The Kier molecular flexibility index (Phi) is 4.31. The van der Waals surface area contributed by atoms with Crippen LogP contribution in [0.3, 0.4) is 0 Å². The number of rotatable bonds is 5. The molecule has 0 saturated heterocycles. The maximum Gasteiger partial charge on any atom is 0.323 e. The molecule has 16 heavy (non-hydrogen) atoms. The van der Waals surface area contributed by atoms with Crippen LogP contribution in [-0.2, 0) is 11.3 Å². The van der Waals surface area contributed by atoms with Gasteiger partial charge < -0.3 is 15.3 Å². The highest BCUT2D eigenvalue weighted by atomic mass is 16.4. The molecule has 0 unspecified atom stereocenters. The molecule has 7 nitrogen and oxygen atoms in total. The standard InChI is InChI=1S/C9H14N4O3/c1-12(7-8(14)15)9(16)10-4-6-13-5-2-3-11-13/h2-3,5H,4,6-7H2,1H3,(H,10,16)(H,14,15). The van der Waals surface area contributed by atoms with Crippen molar-refractivity contribution < 1.29 is 14.7 Å². The Bertz CT molecular complexity index is 350. The van der Waals surface area contributed by atoms with E-state index in [0.717, 1.165) is 4.90 Å². The molecule has 0 radical (unpaired) electrons. The van der Waals surface area contributed by atoms with Gasteiger partial charge in [-0.05, 0) is 6.07 Å². The Labute approximate surface area is 92.7 Å². The lowest BCUT2D eigenvalue weighted by Crippen LogP contribution is -2.41. The van der Waals surface area contributed by atoms with Crippen molar-refractivity contribution in [1.82, 2.24) is 20.0 Å². The number of nitrogens with one attached hydrogen (secondary N) is 1. The number of aliphatic carboxylic acids is 1. The van der Waals surface area contributed by atoms with Gasteiger partial charge in [0, 0.05) is 26.0 Å². The minimum absolute atomic E-state index is 0.312. The van der Waals surface area contributed by atoms with Gasteiger partial charge in [-0.15, -0.1) is 0 Å². The summed E-state index contributed by atoms with van der Waals surface area (Å²) in [5, 5.41) is 15.0. The zero-order valence-corrected chi connectivity index (χ0v) is 8.96. The molecule has 2 N–H and O–H groups in total. The highest BCUT2D eigenvalue weighted by Gasteiger charge is 2.10. The van der Waals surface area contributed by atoms with Crippen LogP contribution in [0.2, 0.25) is 0 Å². The van der Waals surface area contributed by atoms with Crippen molar-refractivity contribution in [1.29, 1.82) is 0 Å². The fourth-order valence-corrected chi connectivity index (χ4v) is 1.12. The van der Waals surface area contributed by atoms with Gasteiger partial charge in [0.2, 0.25) is 0 Å². The predicted molar refractivity (Wildman–Crippen MR) is 55.9 cm³/mol. The monoisotopic (exact) mass is 226 g/mol. The molecular weight excluding hydrogens is 212 g/mol. The Morgan fingerprint density at radius 1 is 1.56 bits per heavy atom. The van der Waals surface area contributed by atoms with E-state index in [-0.39, 0.29) is 6.54 Å². The van der Waals surface area contributed by atoms with Crippen LogP contribution in [0.1, 0.15) is 0 Å². The van der Waals surface area contributed by atoms with Crippen molar-refractivity contribution in [3.8, 4) is 0 Å². The van der Waals surface area contributed by atoms with Crippen LogP contribution in [0.5, 0.6) is 0 Å². The third kappa shape index (κ3) is 3.99. The molecule has 0 aromatic carbocycles. The lowest BCUT2D eigenvalue weighted by molar-refractivity contribution is -0.137. The number of carbonyl (C=O) groups excluding carboxylic acids is 1. The molecule has 7 heteroatoms. The molecule has 1 heterocycles. The molecule has 0 spiro atoms. The van der Waals surface area contributed by atoms with Crippen molar-refractivity contribution in [3.63, 3.8) is 0 Å². The lowest BCUT2D eigenvalue weighted by Gasteiger charge is -2.15. The molecule has 0 bridgehead atoms. The van der Waals surface area contributed by atoms with Crippen LogP contribution in [-0.4, -0.2) is 51.9 Å². The van der Waals surface area contributed by atoms with E-state index in [0.29, 0.717) is 13.1 Å². The van der Waals surface area contributed by atoms with E-state index in [1.807, 2.05) is 0 Å². The summed E-state index contributed by atoms with van der Waals surface area (Å²) in [6.45, 7) is 0.651. The molecule has 0 fully saturated rings. The van der Waals surface area contributed by atoms with Gasteiger partial charge >= 0.3 is 12.0 Å². The van der Waals surface area contributed by atoms with Gasteiger partial charge in [0.05, 0.1) is 6.54 Å². The highest BCUT2D eigenvalue weighted by molar-refractivity contribution is 5.79. The number of hydrogen-bond donors (Lipinski definition) is 2. The number of nitrogens with zero attached hydrogens (tertiary/aromatic N) is 3. The number of carboxylic acids is 1. The van der Waals surface area contributed by atoms with E-state index in [2.05, 4.69) is 10.4 Å². The summed E-state index contributed by atoms with van der Waals surface area (Å²) in [6.07, 6.45) is 3.44. The maximum atomic E-state index is 11.3. The zero-order valence-electron chi connectivity index (χ0n) is 8.96. The molecule has 0 aliphatic heterocycles. The van der Waals surface area contributed by atoms with E-state index in [1.54, 1.807) is 23.1 Å². The van der Waals surface area contributed by atoms with E-state index < -0.39 is 12.0 Å². The second kappa shape index (κ2) is 5.74. The molecule has 1 aromatic rings. The third-order valence-corrected chi connectivity index (χ3v) is 1.90. The van der Waals surface area contributed by atoms with Crippen LogP contribution in [0, 0.1) is 0 Å². The SMILES string of the molecule is CN(CC(=O)O)C(=O)NCCn1cccn1. The van der Waals surface area contributed by atoms with Gasteiger partial charge in [-0.2, -0.15) is 5.10 Å². The molecule has 0 aliphatic rings. The Morgan fingerprint density at radius 2 is 2.31 bits per heavy atom. The summed E-state index contributed by atoms with van der Waals surface area (Å²) < 4.78 is 1.68. The number of carboxylic acid groups (broad SMARTS) is 1. The lowest BCUT2D eigenvalue weighted by atomic mass is 10.5. The number of hydrogen-bond acceptors (Lipinski definition) is 3. The fraction of sp³-hybridized carbons (Fsp3) is 0.444. The van der Waals surface area contributed by atoms with E-state index in [1.165, 1.54) is 7.05 Å². The van der Waals surface area contributed by atoms with Crippen LogP contribution in [0.4, 0.5) is 4.79 Å². The predicted octanol–water partition coefficient (Wildman–Crippen LogP) is -0.391. The first-order valence-corrected chi connectivity index (χ1v) is 4.78. The van der Waals surface area contributed by atoms with E-state index in [4.69, 9.17) is 5.11 Å². The highest BCUT2D eigenvalue weighted by Crippen LogP contribution is 1.86. The normalized spacial score (nSPS) is 9.81. The minimum atomic E-state index is -1.04. The van der Waals surface area contributed by atoms with Crippen molar-refractivity contribution in [2.24, 2.45) is 0 Å². The van der Waals surface area contributed by atoms with E-state index in [9.17, 15) is 9.59 Å².